The zero-order chi connectivity index (χ0) is 14.6. The minimum absolute atomic E-state index is 0.00379. The summed E-state index contributed by atoms with van der Waals surface area (Å²) >= 11 is 0. The predicted octanol–water partition coefficient (Wildman–Crippen LogP) is 3.27. The Bertz CT molecular complexity index is 415. The molecule has 0 bridgehead atoms. The molecule has 2 atom stereocenters. The van der Waals surface area contributed by atoms with Crippen molar-refractivity contribution in [1.82, 2.24) is 5.32 Å². The Kier molecular flexibility index (Phi) is 5.44. The number of hydrogen-bond donors (Lipinski definition) is 2. The van der Waals surface area contributed by atoms with Crippen LogP contribution in [0.5, 0.6) is 0 Å². The van der Waals surface area contributed by atoms with Crippen LogP contribution in [0.2, 0.25) is 0 Å². The molecule has 1 aromatic rings. The maximum atomic E-state index is 13.4. The van der Waals surface area contributed by atoms with Gasteiger partial charge >= 0.3 is 0 Å². The molecule has 2 nitrogen and oxygen atoms in total. The van der Waals surface area contributed by atoms with Gasteiger partial charge in [0.15, 0.2) is 0 Å². The second kappa shape index (κ2) is 6.44. The summed E-state index contributed by atoms with van der Waals surface area (Å²) in [5, 5.41) is 13.0. The van der Waals surface area contributed by atoms with Crippen molar-refractivity contribution >= 4 is 0 Å². The molecule has 0 aliphatic carbocycles. The number of rotatable bonds is 5. The molecule has 2 unspecified atom stereocenters. The van der Waals surface area contributed by atoms with E-state index in [2.05, 4.69) is 33.0 Å². The third-order valence-corrected chi connectivity index (χ3v) is 3.58. The average Bonchev–Trinajstić information content (AvgIpc) is 2.30. The molecule has 0 aliphatic rings. The van der Waals surface area contributed by atoms with Gasteiger partial charge in [-0.3, -0.25) is 0 Å². The van der Waals surface area contributed by atoms with Crippen LogP contribution in [-0.2, 0) is 0 Å². The molecule has 0 aliphatic heterocycles. The Hall–Kier alpha value is -1.00. The Labute approximate surface area is 113 Å². The molecule has 0 amide bonds. The van der Waals surface area contributed by atoms with Crippen molar-refractivity contribution in [2.75, 3.05) is 13.1 Å². The number of aliphatic hydroxyl groups is 1. The van der Waals surface area contributed by atoms with Crippen LogP contribution in [0.1, 0.15) is 39.4 Å². The smallest absolute Gasteiger partial charge is 0.129 e. The van der Waals surface area contributed by atoms with Crippen molar-refractivity contribution in [2.45, 2.75) is 33.8 Å². The molecule has 0 saturated carbocycles. The van der Waals surface area contributed by atoms with Crippen LogP contribution in [0.25, 0.3) is 0 Å². The van der Waals surface area contributed by atoms with Gasteiger partial charge in [0.2, 0.25) is 0 Å². The van der Waals surface area contributed by atoms with Crippen LogP contribution in [-0.4, -0.2) is 18.2 Å². The molecule has 4 heteroatoms. The van der Waals surface area contributed by atoms with Crippen LogP contribution in [0, 0.1) is 23.0 Å². The lowest BCUT2D eigenvalue weighted by molar-refractivity contribution is 0.161. The molecular weight excluding hydrogens is 248 g/mol. The molecule has 2 N–H and O–H groups in total. The summed E-state index contributed by atoms with van der Waals surface area (Å²) in [6.07, 6.45) is -1.04. The Morgan fingerprint density at radius 3 is 2.42 bits per heavy atom. The fraction of sp³-hybridized carbons (Fsp3) is 0.600. The second-order valence-electron chi connectivity index (χ2n) is 6.11. The molecule has 19 heavy (non-hydrogen) atoms. The van der Waals surface area contributed by atoms with E-state index in [0.29, 0.717) is 5.92 Å². The SMILES string of the molecule is CC(CNCC(O)c1cc(F)ccc1F)C(C)(C)C. The highest BCUT2D eigenvalue weighted by atomic mass is 19.1. The summed E-state index contributed by atoms with van der Waals surface area (Å²) in [5.41, 5.74) is 0.165. The number of benzene rings is 1. The lowest BCUT2D eigenvalue weighted by Crippen LogP contribution is -2.32. The van der Waals surface area contributed by atoms with E-state index in [0.717, 1.165) is 24.7 Å². The summed E-state index contributed by atoms with van der Waals surface area (Å²) in [5.74, 6) is -0.713. The molecule has 0 fully saturated rings. The molecular formula is C15H23F2NO. The van der Waals surface area contributed by atoms with E-state index >= 15 is 0 Å². The van der Waals surface area contributed by atoms with Gasteiger partial charge in [-0.15, -0.1) is 0 Å². The number of hydrogen-bond acceptors (Lipinski definition) is 2. The molecule has 1 rings (SSSR count). The Balaban J connectivity index is 2.52. The Morgan fingerprint density at radius 2 is 1.84 bits per heavy atom. The molecule has 108 valence electrons. The standard InChI is InChI=1S/C15H23F2NO/c1-10(15(2,3)4)8-18-9-14(19)12-7-11(16)5-6-13(12)17/h5-7,10,14,18-19H,8-9H2,1-4H3. The van der Waals surface area contributed by atoms with E-state index < -0.39 is 17.7 Å². The van der Waals surface area contributed by atoms with Crippen LogP contribution >= 0.6 is 0 Å². The molecule has 0 heterocycles. The lowest BCUT2D eigenvalue weighted by atomic mass is 9.82. The van der Waals surface area contributed by atoms with Crippen molar-refractivity contribution in [1.29, 1.82) is 0 Å². The zero-order valence-electron chi connectivity index (χ0n) is 12.0. The minimum atomic E-state index is -1.04. The predicted molar refractivity (Wildman–Crippen MR) is 72.8 cm³/mol. The van der Waals surface area contributed by atoms with Gasteiger partial charge in [-0.1, -0.05) is 27.7 Å². The van der Waals surface area contributed by atoms with Crippen LogP contribution in [0.3, 0.4) is 0 Å². The van der Waals surface area contributed by atoms with Crippen LogP contribution in [0.15, 0.2) is 18.2 Å². The average molecular weight is 271 g/mol. The topological polar surface area (TPSA) is 32.3 Å². The van der Waals surface area contributed by atoms with Gasteiger partial charge in [-0.2, -0.15) is 0 Å². The van der Waals surface area contributed by atoms with Crippen molar-refractivity contribution in [3.8, 4) is 0 Å². The highest BCUT2D eigenvalue weighted by Crippen LogP contribution is 2.24. The number of halogens is 2. The van der Waals surface area contributed by atoms with Crippen molar-refractivity contribution in [3.63, 3.8) is 0 Å². The number of aliphatic hydroxyl groups excluding tert-OH is 1. The maximum Gasteiger partial charge on any atom is 0.129 e. The van der Waals surface area contributed by atoms with Crippen LogP contribution in [0.4, 0.5) is 8.78 Å². The third-order valence-electron chi connectivity index (χ3n) is 3.58. The van der Waals surface area contributed by atoms with E-state index in [1.165, 1.54) is 0 Å². The van der Waals surface area contributed by atoms with Gasteiger partial charge in [-0.05, 0) is 36.1 Å². The first-order valence-corrected chi connectivity index (χ1v) is 6.55. The molecule has 0 saturated heterocycles. The van der Waals surface area contributed by atoms with Crippen molar-refractivity contribution in [2.24, 2.45) is 11.3 Å². The van der Waals surface area contributed by atoms with E-state index in [9.17, 15) is 13.9 Å². The van der Waals surface area contributed by atoms with Gasteiger partial charge in [0, 0.05) is 12.1 Å². The molecule has 0 aromatic heterocycles. The Morgan fingerprint density at radius 1 is 1.21 bits per heavy atom. The van der Waals surface area contributed by atoms with Crippen molar-refractivity contribution < 1.29 is 13.9 Å². The fourth-order valence-electron chi connectivity index (χ4n) is 1.62. The fourth-order valence-corrected chi connectivity index (χ4v) is 1.62. The van der Waals surface area contributed by atoms with E-state index in [1.807, 2.05) is 0 Å². The highest BCUT2D eigenvalue weighted by Gasteiger charge is 2.20. The first-order chi connectivity index (χ1) is 8.71. The highest BCUT2D eigenvalue weighted by molar-refractivity contribution is 5.21. The summed E-state index contributed by atoms with van der Waals surface area (Å²) < 4.78 is 26.5. The first kappa shape index (κ1) is 16.1. The molecule has 1 aromatic carbocycles. The second-order valence-corrected chi connectivity index (χ2v) is 6.11. The third kappa shape index (κ3) is 4.88. The van der Waals surface area contributed by atoms with Gasteiger partial charge < -0.3 is 10.4 Å². The maximum absolute atomic E-state index is 13.4. The monoisotopic (exact) mass is 271 g/mol. The normalized spacial score (nSPS) is 15.3. The van der Waals surface area contributed by atoms with E-state index in [1.54, 1.807) is 0 Å². The molecule has 0 radical (unpaired) electrons. The van der Waals surface area contributed by atoms with Gasteiger partial charge in [-0.25, -0.2) is 8.78 Å². The van der Waals surface area contributed by atoms with Gasteiger partial charge in [0.1, 0.15) is 11.6 Å². The van der Waals surface area contributed by atoms with Crippen molar-refractivity contribution in [3.05, 3.63) is 35.4 Å². The van der Waals surface area contributed by atoms with E-state index in [4.69, 9.17) is 0 Å². The largest absolute Gasteiger partial charge is 0.387 e. The molecule has 0 spiro atoms. The zero-order valence-corrected chi connectivity index (χ0v) is 12.0. The first-order valence-electron chi connectivity index (χ1n) is 6.55. The van der Waals surface area contributed by atoms with E-state index in [-0.39, 0.29) is 17.5 Å². The summed E-state index contributed by atoms with van der Waals surface area (Å²) in [7, 11) is 0. The quantitative estimate of drug-likeness (QED) is 0.861. The van der Waals surface area contributed by atoms with Crippen LogP contribution < -0.4 is 5.32 Å². The minimum Gasteiger partial charge on any atom is -0.387 e. The summed E-state index contributed by atoms with van der Waals surface area (Å²) in [6, 6.07) is 3.11. The summed E-state index contributed by atoms with van der Waals surface area (Å²) in [4.78, 5) is 0. The van der Waals surface area contributed by atoms with Gasteiger partial charge in [0.25, 0.3) is 0 Å². The van der Waals surface area contributed by atoms with Gasteiger partial charge in [0.05, 0.1) is 6.10 Å². The number of nitrogens with one attached hydrogen (secondary N) is 1. The summed E-state index contributed by atoms with van der Waals surface area (Å²) in [6.45, 7) is 9.46. The lowest BCUT2D eigenvalue weighted by Gasteiger charge is -2.28.